The molecule has 0 saturated carbocycles. The van der Waals surface area contributed by atoms with Crippen LogP contribution in [0.5, 0.6) is 0 Å². The minimum Gasteiger partial charge on any atom is -0.462 e. The predicted molar refractivity (Wildman–Crippen MR) is 146 cm³/mol. The summed E-state index contributed by atoms with van der Waals surface area (Å²) in [5, 5.41) is 25.4. The lowest BCUT2D eigenvalue weighted by Crippen LogP contribution is -2.25. The number of hydrogen-bond donors (Lipinski definition) is 2. The van der Waals surface area contributed by atoms with Crippen LogP contribution in [0.4, 0.5) is 10.7 Å². The maximum atomic E-state index is 13.0. The number of carbonyl (C=O) groups excluding carboxylic acids is 3. The summed E-state index contributed by atoms with van der Waals surface area (Å²) >= 11 is 2.61. The summed E-state index contributed by atoms with van der Waals surface area (Å²) < 4.78 is 6.89. The number of thioether (sulfide) groups is 1. The fraction of sp³-hybridized carbons (Fsp3) is 0.400. The molecule has 0 saturated heterocycles. The van der Waals surface area contributed by atoms with Crippen LogP contribution in [-0.4, -0.2) is 49.3 Å². The smallest absolute Gasteiger partial charge is 0.341 e. The van der Waals surface area contributed by atoms with Crippen LogP contribution in [0, 0.1) is 17.0 Å². The Bertz CT molecular complexity index is 1450. The molecule has 1 aliphatic rings. The first kappa shape index (κ1) is 28.2. The van der Waals surface area contributed by atoms with Gasteiger partial charge in [-0.3, -0.25) is 19.7 Å². The molecule has 1 aliphatic carbocycles. The third kappa shape index (κ3) is 6.11. The number of esters is 1. The van der Waals surface area contributed by atoms with Crippen molar-refractivity contribution in [3.8, 4) is 0 Å². The van der Waals surface area contributed by atoms with Gasteiger partial charge in [0.2, 0.25) is 5.91 Å². The van der Waals surface area contributed by atoms with E-state index in [-0.39, 0.29) is 30.3 Å². The Labute approximate surface area is 232 Å². The van der Waals surface area contributed by atoms with Crippen molar-refractivity contribution in [1.29, 1.82) is 0 Å². The largest absolute Gasteiger partial charge is 0.462 e. The molecule has 0 radical (unpaired) electrons. The summed E-state index contributed by atoms with van der Waals surface area (Å²) in [6, 6.07) is 4.28. The SMILES string of the molecule is CCOC(=O)c1c(NC(=O)[C@@H](C)Sc2nnc(CNC(=O)c3ccc(C)c([N+](=O)[O-])c3)n2C)sc2c1CCC2. The molecule has 0 unspecified atom stereocenters. The molecule has 206 valence electrons. The standard InChI is InChI=1S/C25H28N6O6S2/c1-5-37-24(34)20-16-7-6-8-18(16)39-23(20)27-21(32)14(3)38-25-29-28-19(30(25)4)12-26-22(33)15-10-9-13(2)17(11-15)31(35)36/h9-11,14H,5-8,12H2,1-4H3,(H,26,33)(H,27,32)/t14-/m1/s1. The van der Waals surface area contributed by atoms with E-state index in [0.717, 1.165) is 29.7 Å². The van der Waals surface area contributed by atoms with Gasteiger partial charge < -0.3 is 19.9 Å². The van der Waals surface area contributed by atoms with Crippen LogP contribution in [0.15, 0.2) is 23.4 Å². The van der Waals surface area contributed by atoms with Crippen molar-refractivity contribution in [3.05, 3.63) is 61.3 Å². The Morgan fingerprint density at radius 3 is 2.77 bits per heavy atom. The van der Waals surface area contributed by atoms with Crippen LogP contribution in [0.1, 0.15) is 62.8 Å². The maximum Gasteiger partial charge on any atom is 0.341 e. The van der Waals surface area contributed by atoms with Gasteiger partial charge in [0.25, 0.3) is 11.6 Å². The Hall–Kier alpha value is -3.78. The van der Waals surface area contributed by atoms with Gasteiger partial charge in [-0.1, -0.05) is 17.8 Å². The van der Waals surface area contributed by atoms with Gasteiger partial charge in [0, 0.05) is 29.1 Å². The molecular weight excluding hydrogens is 544 g/mol. The number of nitrogens with zero attached hydrogens (tertiary/aromatic N) is 4. The van der Waals surface area contributed by atoms with E-state index in [1.165, 1.54) is 41.3 Å². The van der Waals surface area contributed by atoms with Gasteiger partial charge in [-0.05, 0) is 51.7 Å². The zero-order valence-electron chi connectivity index (χ0n) is 21.9. The summed E-state index contributed by atoms with van der Waals surface area (Å²) in [6.07, 6.45) is 2.65. The van der Waals surface area contributed by atoms with Crippen molar-refractivity contribution in [3.63, 3.8) is 0 Å². The number of nitrogens with one attached hydrogen (secondary N) is 2. The van der Waals surface area contributed by atoms with E-state index in [1.54, 1.807) is 32.4 Å². The summed E-state index contributed by atoms with van der Waals surface area (Å²) in [6.45, 7) is 5.37. The van der Waals surface area contributed by atoms with Gasteiger partial charge in [-0.2, -0.15) is 0 Å². The first-order valence-corrected chi connectivity index (χ1v) is 14.0. The van der Waals surface area contributed by atoms with Crippen molar-refractivity contribution in [2.24, 2.45) is 7.05 Å². The molecule has 4 rings (SSSR count). The topological polar surface area (TPSA) is 158 Å². The molecule has 12 nitrogen and oxygen atoms in total. The number of rotatable bonds is 10. The number of nitro groups is 1. The first-order valence-electron chi connectivity index (χ1n) is 12.3. The molecule has 2 heterocycles. The molecule has 2 amide bonds. The molecule has 1 aromatic carbocycles. The molecular formula is C25H28N6O6S2. The van der Waals surface area contributed by atoms with Gasteiger partial charge >= 0.3 is 5.97 Å². The van der Waals surface area contributed by atoms with Gasteiger partial charge in [0.05, 0.1) is 28.9 Å². The highest BCUT2D eigenvalue weighted by Crippen LogP contribution is 2.40. The molecule has 2 aromatic heterocycles. The number of hydrogen-bond acceptors (Lipinski definition) is 10. The molecule has 0 bridgehead atoms. The summed E-state index contributed by atoms with van der Waals surface area (Å²) in [4.78, 5) is 49.9. The predicted octanol–water partition coefficient (Wildman–Crippen LogP) is 3.81. The van der Waals surface area contributed by atoms with Crippen molar-refractivity contribution < 1.29 is 24.0 Å². The normalized spacial score (nSPS) is 13.0. The Morgan fingerprint density at radius 1 is 1.28 bits per heavy atom. The fourth-order valence-electron chi connectivity index (χ4n) is 4.15. The highest BCUT2D eigenvalue weighted by molar-refractivity contribution is 8.00. The number of thiophene rings is 1. The lowest BCUT2D eigenvalue weighted by molar-refractivity contribution is -0.385. The lowest BCUT2D eigenvalue weighted by Gasteiger charge is -2.12. The molecule has 3 aromatic rings. The highest BCUT2D eigenvalue weighted by atomic mass is 32.2. The van der Waals surface area contributed by atoms with E-state index in [9.17, 15) is 24.5 Å². The molecule has 1 atom stereocenters. The van der Waals surface area contributed by atoms with Gasteiger partial charge in [-0.15, -0.1) is 21.5 Å². The molecule has 0 aliphatic heterocycles. The molecule has 2 N–H and O–H groups in total. The van der Waals surface area contributed by atoms with Gasteiger partial charge in [-0.25, -0.2) is 4.79 Å². The molecule has 39 heavy (non-hydrogen) atoms. The number of aryl methyl sites for hydroxylation is 2. The number of carbonyl (C=O) groups is 3. The monoisotopic (exact) mass is 572 g/mol. The van der Waals surface area contributed by atoms with Crippen molar-refractivity contribution in [2.75, 3.05) is 11.9 Å². The zero-order valence-corrected chi connectivity index (χ0v) is 23.5. The summed E-state index contributed by atoms with van der Waals surface area (Å²) in [5.41, 5.74) is 1.92. The average molecular weight is 573 g/mol. The fourth-order valence-corrected chi connectivity index (χ4v) is 6.26. The zero-order chi connectivity index (χ0) is 28.3. The van der Waals surface area contributed by atoms with Crippen LogP contribution in [0.25, 0.3) is 0 Å². The third-order valence-electron chi connectivity index (χ3n) is 6.29. The Kier molecular flexibility index (Phi) is 8.65. The lowest BCUT2D eigenvalue weighted by atomic mass is 10.1. The number of benzene rings is 1. The van der Waals surface area contributed by atoms with Crippen LogP contribution in [-0.2, 0) is 36.0 Å². The maximum absolute atomic E-state index is 13.0. The number of aromatic nitrogens is 3. The van der Waals surface area contributed by atoms with E-state index >= 15 is 0 Å². The Morgan fingerprint density at radius 2 is 2.05 bits per heavy atom. The number of nitro benzene ring substituents is 1. The molecule has 0 spiro atoms. The second kappa shape index (κ2) is 11.9. The van der Waals surface area contributed by atoms with Gasteiger partial charge in [0.15, 0.2) is 11.0 Å². The minimum atomic E-state index is -0.560. The number of ether oxygens (including phenoxy) is 1. The third-order valence-corrected chi connectivity index (χ3v) is 8.63. The van der Waals surface area contributed by atoms with Crippen LogP contribution in [0.2, 0.25) is 0 Å². The van der Waals surface area contributed by atoms with E-state index in [0.29, 0.717) is 27.1 Å². The molecule has 0 fully saturated rings. The highest BCUT2D eigenvalue weighted by Gasteiger charge is 2.29. The Balaban J connectivity index is 1.39. The number of fused-ring (bicyclic) bond motifs is 1. The number of amides is 2. The van der Waals surface area contributed by atoms with E-state index < -0.39 is 22.0 Å². The second-order valence-corrected chi connectivity index (χ2v) is 11.3. The van der Waals surface area contributed by atoms with Crippen molar-refractivity contribution in [2.45, 2.75) is 57.0 Å². The quantitative estimate of drug-likeness (QED) is 0.159. The van der Waals surface area contributed by atoms with E-state index in [1.807, 2.05) is 0 Å². The molecule has 14 heteroatoms. The number of anilines is 1. The van der Waals surface area contributed by atoms with Crippen molar-refractivity contribution >= 4 is 51.6 Å². The van der Waals surface area contributed by atoms with E-state index in [2.05, 4.69) is 20.8 Å². The van der Waals surface area contributed by atoms with Crippen LogP contribution in [0.3, 0.4) is 0 Å². The summed E-state index contributed by atoms with van der Waals surface area (Å²) in [5.74, 6) is -0.750. The second-order valence-electron chi connectivity index (χ2n) is 8.93. The van der Waals surface area contributed by atoms with Gasteiger partial charge in [0.1, 0.15) is 5.00 Å². The van der Waals surface area contributed by atoms with Crippen LogP contribution >= 0.6 is 23.1 Å². The van der Waals surface area contributed by atoms with Crippen molar-refractivity contribution in [1.82, 2.24) is 20.1 Å². The van der Waals surface area contributed by atoms with Crippen LogP contribution < -0.4 is 10.6 Å². The average Bonchev–Trinajstić information content (AvgIpc) is 3.57. The first-order chi connectivity index (χ1) is 18.6. The summed E-state index contributed by atoms with van der Waals surface area (Å²) in [7, 11) is 1.72. The van der Waals surface area contributed by atoms with E-state index in [4.69, 9.17) is 4.74 Å². The minimum absolute atomic E-state index is 0.0365.